The van der Waals surface area contributed by atoms with Gasteiger partial charge in [0.25, 0.3) is 5.91 Å². The lowest BCUT2D eigenvalue weighted by atomic mass is 10.1. The molecule has 1 fully saturated rings. The van der Waals surface area contributed by atoms with Crippen molar-refractivity contribution in [2.45, 2.75) is 12.8 Å². The number of ether oxygens (including phenoxy) is 1. The minimum atomic E-state index is -0.344. The van der Waals surface area contributed by atoms with Crippen LogP contribution in [0.3, 0.4) is 0 Å². The molecule has 3 rings (SSSR count). The second kappa shape index (κ2) is 7.43. The minimum absolute atomic E-state index is 0.0584. The summed E-state index contributed by atoms with van der Waals surface area (Å²) in [6, 6.07) is 11.6. The van der Waals surface area contributed by atoms with E-state index in [-0.39, 0.29) is 17.5 Å². The molecule has 1 saturated heterocycles. The molecule has 0 spiro atoms. The molecule has 2 aromatic carbocycles. The van der Waals surface area contributed by atoms with Gasteiger partial charge in [0.2, 0.25) is 0 Å². The maximum Gasteiger partial charge on any atom is 0.253 e. The highest BCUT2D eigenvalue weighted by atomic mass is 19.1. The first-order valence-electron chi connectivity index (χ1n) is 8.05. The fourth-order valence-corrected chi connectivity index (χ4v) is 2.90. The lowest BCUT2D eigenvalue weighted by molar-refractivity contribution is 0.0785. The Morgan fingerprint density at radius 1 is 1.04 bits per heavy atom. The summed E-state index contributed by atoms with van der Waals surface area (Å²) in [6.45, 7) is 1.93. The van der Waals surface area contributed by atoms with Gasteiger partial charge in [-0.05, 0) is 67.3 Å². The van der Waals surface area contributed by atoms with E-state index < -0.39 is 0 Å². The average Bonchev–Trinajstić information content (AvgIpc) is 3.06. The quantitative estimate of drug-likeness (QED) is 0.832. The molecule has 0 aliphatic carbocycles. The van der Waals surface area contributed by atoms with Crippen LogP contribution in [0.1, 0.15) is 23.2 Å². The van der Waals surface area contributed by atoms with E-state index in [2.05, 4.69) is 0 Å². The maximum absolute atomic E-state index is 12.9. The van der Waals surface area contributed by atoms with E-state index >= 15 is 0 Å². The largest absolute Gasteiger partial charge is 0.494 e. The fraction of sp³-hybridized carbons (Fsp3) is 0.316. The Kier molecular flexibility index (Phi) is 5.08. The highest BCUT2D eigenvalue weighted by Gasteiger charge is 2.26. The highest BCUT2D eigenvalue weighted by Crippen LogP contribution is 2.22. The molecule has 1 aliphatic heterocycles. The van der Waals surface area contributed by atoms with E-state index in [1.807, 2.05) is 0 Å². The monoisotopic (exact) mass is 331 g/mol. The topological polar surface area (TPSA) is 29.5 Å². The Hall–Kier alpha value is -2.43. The van der Waals surface area contributed by atoms with Gasteiger partial charge >= 0.3 is 0 Å². The van der Waals surface area contributed by atoms with Crippen LogP contribution in [-0.4, -0.2) is 30.5 Å². The predicted molar refractivity (Wildman–Crippen MR) is 86.9 cm³/mol. The number of hydrogen-bond acceptors (Lipinski definition) is 2. The molecule has 24 heavy (non-hydrogen) atoms. The fourth-order valence-electron chi connectivity index (χ4n) is 2.90. The zero-order chi connectivity index (χ0) is 16.9. The Balaban J connectivity index is 1.46. The van der Waals surface area contributed by atoms with Gasteiger partial charge in [-0.25, -0.2) is 8.78 Å². The van der Waals surface area contributed by atoms with Crippen LogP contribution in [0.15, 0.2) is 48.5 Å². The van der Waals surface area contributed by atoms with E-state index in [0.717, 1.165) is 12.8 Å². The van der Waals surface area contributed by atoms with Crippen molar-refractivity contribution in [2.24, 2.45) is 5.92 Å². The summed E-state index contributed by atoms with van der Waals surface area (Å²) in [5.41, 5.74) is 0.514. The molecule has 0 bridgehead atoms. The normalized spacial score (nSPS) is 17.1. The van der Waals surface area contributed by atoms with E-state index in [1.165, 1.54) is 36.4 Å². The van der Waals surface area contributed by atoms with Crippen molar-refractivity contribution in [1.29, 1.82) is 0 Å². The van der Waals surface area contributed by atoms with Crippen LogP contribution in [0.25, 0.3) is 0 Å². The lowest BCUT2D eigenvalue weighted by Crippen LogP contribution is -2.28. The standard InChI is InChI=1S/C19H19F2NO2/c20-16-3-1-15(2-4-16)19(23)22-11-9-14(13-22)10-12-24-18-7-5-17(21)6-8-18/h1-8,14H,9-13H2/t14-/m1/s1. The van der Waals surface area contributed by atoms with Crippen LogP contribution in [0, 0.1) is 17.6 Å². The van der Waals surface area contributed by atoms with Gasteiger partial charge in [0.1, 0.15) is 17.4 Å². The Morgan fingerprint density at radius 2 is 1.67 bits per heavy atom. The molecule has 1 atom stereocenters. The van der Waals surface area contributed by atoms with Crippen molar-refractivity contribution in [3.63, 3.8) is 0 Å². The summed E-state index contributed by atoms with van der Waals surface area (Å²) in [7, 11) is 0. The number of amides is 1. The zero-order valence-corrected chi connectivity index (χ0v) is 13.3. The predicted octanol–water partition coefficient (Wildman–Crippen LogP) is 3.90. The van der Waals surface area contributed by atoms with Gasteiger partial charge in [0.05, 0.1) is 6.61 Å². The molecule has 0 unspecified atom stereocenters. The second-order valence-electron chi connectivity index (χ2n) is 6.00. The van der Waals surface area contributed by atoms with Crippen molar-refractivity contribution in [3.05, 3.63) is 65.7 Å². The van der Waals surface area contributed by atoms with Gasteiger partial charge in [-0.2, -0.15) is 0 Å². The molecule has 0 aromatic heterocycles. The smallest absolute Gasteiger partial charge is 0.253 e. The van der Waals surface area contributed by atoms with Gasteiger partial charge in [-0.15, -0.1) is 0 Å². The number of carbonyl (C=O) groups is 1. The van der Waals surface area contributed by atoms with E-state index in [4.69, 9.17) is 4.74 Å². The van der Waals surface area contributed by atoms with Gasteiger partial charge in [0.15, 0.2) is 0 Å². The van der Waals surface area contributed by atoms with E-state index in [0.29, 0.717) is 36.9 Å². The van der Waals surface area contributed by atoms with Crippen LogP contribution in [0.5, 0.6) is 5.75 Å². The molecule has 1 amide bonds. The summed E-state index contributed by atoms with van der Waals surface area (Å²) >= 11 is 0. The Bertz CT molecular complexity index is 686. The molecule has 1 heterocycles. The third-order valence-electron chi connectivity index (χ3n) is 4.27. The number of hydrogen-bond donors (Lipinski definition) is 0. The summed E-state index contributed by atoms with van der Waals surface area (Å²) in [4.78, 5) is 14.2. The van der Waals surface area contributed by atoms with Crippen molar-refractivity contribution in [3.8, 4) is 5.75 Å². The molecule has 0 radical (unpaired) electrons. The van der Waals surface area contributed by atoms with Crippen LogP contribution in [0.2, 0.25) is 0 Å². The molecule has 2 aromatic rings. The summed E-state index contributed by atoms with van der Waals surface area (Å²) in [5, 5.41) is 0. The maximum atomic E-state index is 12.9. The van der Waals surface area contributed by atoms with Crippen molar-refractivity contribution in [2.75, 3.05) is 19.7 Å². The summed E-state index contributed by atoms with van der Waals surface area (Å²) in [6.07, 6.45) is 1.77. The zero-order valence-electron chi connectivity index (χ0n) is 13.3. The molecule has 3 nitrogen and oxygen atoms in total. The van der Waals surface area contributed by atoms with Gasteiger partial charge in [0, 0.05) is 18.7 Å². The van der Waals surface area contributed by atoms with Crippen LogP contribution < -0.4 is 4.74 Å². The molecule has 126 valence electrons. The van der Waals surface area contributed by atoms with Crippen molar-refractivity contribution in [1.82, 2.24) is 4.90 Å². The second-order valence-corrected chi connectivity index (χ2v) is 6.00. The average molecular weight is 331 g/mol. The van der Waals surface area contributed by atoms with Crippen molar-refractivity contribution < 1.29 is 18.3 Å². The summed E-state index contributed by atoms with van der Waals surface area (Å²) in [5.74, 6) is 0.345. The third kappa shape index (κ3) is 4.10. The van der Waals surface area contributed by atoms with Crippen LogP contribution >= 0.6 is 0 Å². The number of halogens is 2. The summed E-state index contributed by atoms with van der Waals surface area (Å²) < 4.78 is 31.4. The number of nitrogens with zero attached hydrogens (tertiary/aromatic N) is 1. The van der Waals surface area contributed by atoms with E-state index in [9.17, 15) is 13.6 Å². The van der Waals surface area contributed by atoms with E-state index in [1.54, 1.807) is 17.0 Å². The van der Waals surface area contributed by atoms with Gasteiger partial charge in [-0.1, -0.05) is 0 Å². The number of rotatable bonds is 5. The molecule has 0 saturated carbocycles. The first-order valence-corrected chi connectivity index (χ1v) is 8.05. The number of carbonyl (C=O) groups excluding carboxylic acids is 1. The SMILES string of the molecule is O=C(c1ccc(F)cc1)N1CC[C@H](CCOc2ccc(F)cc2)C1. The minimum Gasteiger partial charge on any atom is -0.494 e. The molecule has 1 aliphatic rings. The Labute approximate surface area is 139 Å². The molecular formula is C19H19F2NO2. The van der Waals surface area contributed by atoms with Crippen molar-refractivity contribution >= 4 is 5.91 Å². The highest BCUT2D eigenvalue weighted by molar-refractivity contribution is 5.94. The molecular weight excluding hydrogens is 312 g/mol. The van der Waals surface area contributed by atoms with Gasteiger partial charge < -0.3 is 9.64 Å². The number of benzene rings is 2. The number of likely N-dealkylation sites (tertiary alicyclic amines) is 1. The first-order chi connectivity index (χ1) is 11.6. The Morgan fingerprint density at radius 3 is 2.33 bits per heavy atom. The lowest BCUT2D eigenvalue weighted by Gasteiger charge is -2.17. The molecule has 5 heteroatoms. The van der Waals surface area contributed by atoms with Crippen LogP contribution in [-0.2, 0) is 0 Å². The van der Waals surface area contributed by atoms with Gasteiger partial charge in [-0.3, -0.25) is 4.79 Å². The first kappa shape index (κ1) is 16.4. The van der Waals surface area contributed by atoms with Crippen LogP contribution in [0.4, 0.5) is 8.78 Å². The third-order valence-corrected chi connectivity index (χ3v) is 4.27. The molecule has 0 N–H and O–H groups in total.